The molecule has 3 nitrogen and oxygen atoms in total. The summed E-state index contributed by atoms with van der Waals surface area (Å²) in [4.78, 5) is 0. The standard InChI is InChI=1S/C13H15F4NO2S/c14-12-4-10(3-11(5-12)13(15,16)17)7-18-6-9-1-2-21(19,20)8-9/h3-5,9,18H,1-2,6-8H2. The summed E-state index contributed by atoms with van der Waals surface area (Å²) in [6, 6.07) is 2.38. The zero-order valence-electron chi connectivity index (χ0n) is 11.1. The number of hydrogen-bond donors (Lipinski definition) is 1. The fourth-order valence-corrected chi connectivity index (χ4v) is 4.23. The summed E-state index contributed by atoms with van der Waals surface area (Å²) in [5, 5.41) is 2.89. The van der Waals surface area contributed by atoms with Crippen LogP contribution in [0.25, 0.3) is 0 Å². The van der Waals surface area contributed by atoms with Gasteiger partial charge in [-0.1, -0.05) is 0 Å². The van der Waals surface area contributed by atoms with Crippen molar-refractivity contribution in [1.29, 1.82) is 0 Å². The van der Waals surface area contributed by atoms with Crippen LogP contribution in [0, 0.1) is 11.7 Å². The van der Waals surface area contributed by atoms with Crippen molar-refractivity contribution in [3.8, 4) is 0 Å². The monoisotopic (exact) mass is 325 g/mol. The number of rotatable bonds is 4. The van der Waals surface area contributed by atoms with Crippen molar-refractivity contribution >= 4 is 9.84 Å². The zero-order chi connectivity index (χ0) is 15.7. The maximum absolute atomic E-state index is 13.2. The Morgan fingerprint density at radius 3 is 2.52 bits per heavy atom. The van der Waals surface area contributed by atoms with E-state index in [9.17, 15) is 26.0 Å². The van der Waals surface area contributed by atoms with E-state index >= 15 is 0 Å². The van der Waals surface area contributed by atoms with Gasteiger partial charge in [0.15, 0.2) is 9.84 Å². The van der Waals surface area contributed by atoms with Crippen LogP contribution in [0.2, 0.25) is 0 Å². The predicted molar refractivity (Wildman–Crippen MR) is 69.9 cm³/mol. The fourth-order valence-electron chi connectivity index (χ4n) is 2.37. The fraction of sp³-hybridized carbons (Fsp3) is 0.538. The highest BCUT2D eigenvalue weighted by Crippen LogP contribution is 2.30. The number of sulfone groups is 1. The topological polar surface area (TPSA) is 46.2 Å². The second-order valence-corrected chi connectivity index (χ2v) is 7.47. The first-order valence-electron chi connectivity index (χ1n) is 6.43. The molecule has 1 unspecified atom stereocenters. The summed E-state index contributed by atoms with van der Waals surface area (Å²) in [6.45, 7) is 0.453. The number of halogens is 4. The Labute approximate surface area is 120 Å². The minimum atomic E-state index is -4.59. The molecule has 1 fully saturated rings. The summed E-state index contributed by atoms with van der Waals surface area (Å²) in [7, 11) is -2.97. The minimum Gasteiger partial charge on any atom is -0.312 e. The molecule has 1 aromatic carbocycles. The number of nitrogens with one attached hydrogen (secondary N) is 1. The molecule has 1 heterocycles. The Kier molecular flexibility index (Phi) is 4.57. The van der Waals surface area contributed by atoms with Crippen molar-refractivity contribution in [1.82, 2.24) is 5.32 Å². The molecule has 1 aliphatic heterocycles. The van der Waals surface area contributed by atoms with Gasteiger partial charge >= 0.3 is 6.18 Å². The molecule has 0 radical (unpaired) electrons. The molecule has 0 saturated carbocycles. The molecule has 0 spiro atoms. The maximum Gasteiger partial charge on any atom is 0.416 e. The Balaban J connectivity index is 1.93. The third-order valence-corrected chi connectivity index (χ3v) is 5.21. The largest absolute Gasteiger partial charge is 0.416 e. The Bertz CT molecular complexity index is 613. The van der Waals surface area contributed by atoms with Crippen LogP contribution in [0.4, 0.5) is 17.6 Å². The van der Waals surface area contributed by atoms with Gasteiger partial charge in [-0.25, -0.2) is 12.8 Å². The van der Waals surface area contributed by atoms with Crippen LogP contribution in [-0.2, 0) is 22.6 Å². The highest BCUT2D eigenvalue weighted by molar-refractivity contribution is 7.91. The molecular weight excluding hydrogens is 310 g/mol. The average Bonchev–Trinajstić information content (AvgIpc) is 2.67. The van der Waals surface area contributed by atoms with Gasteiger partial charge in [0, 0.05) is 6.54 Å². The van der Waals surface area contributed by atoms with E-state index in [1.165, 1.54) is 0 Å². The predicted octanol–water partition coefficient (Wildman–Crippen LogP) is 2.37. The van der Waals surface area contributed by atoms with Crippen LogP contribution in [0.5, 0.6) is 0 Å². The SMILES string of the molecule is O=S1(=O)CCC(CNCc2cc(F)cc(C(F)(F)F)c2)C1. The Morgan fingerprint density at radius 2 is 1.95 bits per heavy atom. The molecule has 0 bridgehead atoms. The minimum absolute atomic E-state index is 0.0364. The van der Waals surface area contributed by atoms with Gasteiger partial charge in [-0.3, -0.25) is 0 Å². The average molecular weight is 325 g/mol. The first-order valence-corrected chi connectivity index (χ1v) is 8.26. The highest BCUT2D eigenvalue weighted by Gasteiger charge is 2.31. The summed E-state index contributed by atoms with van der Waals surface area (Å²) in [5.74, 6) is -0.732. The molecule has 1 saturated heterocycles. The van der Waals surface area contributed by atoms with Gasteiger partial charge in [-0.2, -0.15) is 13.2 Å². The van der Waals surface area contributed by atoms with Crippen LogP contribution < -0.4 is 5.32 Å². The van der Waals surface area contributed by atoms with Gasteiger partial charge in [-0.15, -0.1) is 0 Å². The molecule has 0 amide bonds. The van der Waals surface area contributed by atoms with Crippen molar-refractivity contribution in [2.75, 3.05) is 18.1 Å². The lowest BCUT2D eigenvalue weighted by molar-refractivity contribution is -0.137. The molecule has 1 N–H and O–H groups in total. The first-order chi connectivity index (χ1) is 9.66. The molecule has 21 heavy (non-hydrogen) atoms. The molecule has 2 rings (SSSR count). The van der Waals surface area contributed by atoms with Crippen LogP contribution in [-0.4, -0.2) is 26.5 Å². The highest BCUT2D eigenvalue weighted by atomic mass is 32.2. The van der Waals surface area contributed by atoms with Crippen molar-refractivity contribution in [3.63, 3.8) is 0 Å². The zero-order valence-corrected chi connectivity index (χ0v) is 11.9. The van der Waals surface area contributed by atoms with Gasteiger partial charge in [0.25, 0.3) is 0 Å². The van der Waals surface area contributed by atoms with Gasteiger partial charge in [0.1, 0.15) is 5.82 Å². The maximum atomic E-state index is 13.2. The summed E-state index contributed by atoms with van der Waals surface area (Å²) < 4.78 is 73.4. The van der Waals surface area contributed by atoms with Crippen molar-refractivity contribution < 1.29 is 26.0 Å². The van der Waals surface area contributed by atoms with E-state index in [2.05, 4.69) is 5.32 Å². The van der Waals surface area contributed by atoms with Crippen molar-refractivity contribution in [2.24, 2.45) is 5.92 Å². The van der Waals surface area contributed by atoms with E-state index < -0.39 is 27.4 Å². The summed E-state index contributed by atoms with van der Waals surface area (Å²) in [5.41, 5.74) is -0.842. The van der Waals surface area contributed by atoms with Gasteiger partial charge < -0.3 is 5.32 Å². The van der Waals surface area contributed by atoms with E-state index in [4.69, 9.17) is 0 Å². The lowest BCUT2D eigenvalue weighted by atomic mass is 10.1. The molecule has 1 aliphatic rings. The Morgan fingerprint density at radius 1 is 1.24 bits per heavy atom. The van der Waals surface area contributed by atoms with E-state index in [1.54, 1.807) is 0 Å². The van der Waals surface area contributed by atoms with Crippen LogP contribution in [0.1, 0.15) is 17.5 Å². The Hall–Kier alpha value is -1.15. The van der Waals surface area contributed by atoms with E-state index in [0.29, 0.717) is 19.0 Å². The van der Waals surface area contributed by atoms with Gasteiger partial charge in [-0.05, 0) is 42.6 Å². The van der Waals surface area contributed by atoms with Crippen LogP contribution in [0.15, 0.2) is 18.2 Å². The molecule has 118 valence electrons. The van der Waals surface area contributed by atoms with E-state index in [0.717, 1.165) is 12.1 Å². The molecule has 1 aromatic rings. The summed E-state index contributed by atoms with van der Waals surface area (Å²) in [6.07, 6.45) is -4.04. The van der Waals surface area contributed by atoms with Gasteiger partial charge in [0.2, 0.25) is 0 Å². The van der Waals surface area contributed by atoms with E-state index in [-0.39, 0.29) is 29.5 Å². The van der Waals surface area contributed by atoms with Crippen molar-refractivity contribution in [3.05, 3.63) is 35.1 Å². The number of benzene rings is 1. The lowest BCUT2D eigenvalue weighted by Gasteiger charge is -2.12. The van der Waals surface area contributed by atoms with Crippen LogP contribution in [0.3, 0.4) is 0 Å². The quantitative estimate of drug-likeness (QED) is 0.865. The van der Waals surface area contributed by atoms with Crippen molar-refractivity contribution in [2.45, 2.75) is 19.1 Å². The normalized spacial score (nSPS) is 21.6. The number of hydrogen-bond acceptors (Lipinski definition) is 3. The third kappa shape index (κ3) is 4.67. The van der Waals surface area contributed by atoms with Gasteiger partial charge in [0.05, 0.1) is 17.1 Å². The lowest BCUT2D eigenvalue weighted by Crippen LogP contribution is -2.23. The first kappa shape index (κ1) is 16.2. The number of alkyl halides is 3. The molecule has 0 aromatic heterocycles. The smallest absolute Gasteiger partial charge is 0.312 e. The summed E-state index contributed by atoms with van der Waals surface area (Å²) >= 11 is 0. The van der Waals surface area contributed by atoms with Crippen LogP contribution >= 0.6 is 0 Å². The molecule has 8 heteroatoms. The van der Waals surface area contributed by atoms with E-state index in [1.807, 2.05) is 0 Å². The second-order valence-electron chi connectivity index (χ2n) is 5.25. The molecular formula is C13H15F4NO2S. The second kappa shape index (κ2) is 5.92. The molecule has 1 atom stereocenters. The third-order valence-electron chi connectivity index (χ3n) is 3.37. The molecule has 0 aliphatic carbocycles.